The minimum Gasteiger partial charge on any atom is -0.342 e. The Morgan fingerprint density at radius 1 is 1.21 bits per heavy atom. The van der Waals surface area contributed by atoms with E-state index in [2.05, 4.69) is 22.9 Å². The van der Waals surface area contributed by atoms with Crippen LogP contribution in [0.2, 0.25) is 0 Å². The Bertz CT molecular complexity index is 722. The van der Waals surface area contributed by atoms with Crippen LogP contribution in [0.1, 0.15) is 26.2 Å². The van der Waals surface area contributed by atoms with Crippen molar-refractivity contribution >= 4 is 31.9 Å². The van der Waals surface area contributed by atoms with E-state index in [0.717, 1.165) is 30.4 Å². The fourth-order valence-electron chi connectivity index (χ4n) is 3.57. The highest BCUT2D eigenvalue weighted by Crippen LogP contribution is 2.28. The lowest BCUT2D eigenvalue weighted by Gasteiger charge is -2.32. The molecule has 1 aromatic carbocycles. The van der Waals surface area contributed by atoms with Gasteiger partial charge in [0.05, 0.1) is 10.8 Å². The van der Waals surface area contributed by atoms with Crippen molar-refractivity contribution < 1.29 is 13.2 Å². The summed E-state index contributed by atoms with van der Waals surface area (Å²) >= 11 is 3.31. The molecule has 7 heteroatoms. The highest BCUT2D eigenvalue weighted by Gasteiger charge is 2.38. The molecule has 0 radical (unpaired) electrons. The van der Waals surface area contributed by atoms with Gasteiger partial charge in [0.1, 0.15) is 0 Å². The van der Waals surface area contributed by atoms with Crippen LogP contribution >= 0.6 is 15.9 Å². The fraction of sp³-hybridized carbons (Fsp3) is 0.588. The summed E-state index contributed by atoms with van der Waals surface area (Å²) in [5.74, 6) is 0.441. The molecule has 2 aliphatic rings. The van der Waals surface area contributed by atoms with Crippen molar-refractivity contribution in [1.82, 2.24) is 9.21 Å². The summed E-state index contributed by atoms with van der Waals surface area (Å²) in [5.41, 5.74) is 0. The smallest absolute Gasteiger partial charge is 0.243 e. The first-order valence-electron chi connectivity index (χ1n) is 8.42. The molecule has 0 saturated carbocycles. The molecule has 24 heavy (non-hydrogen) atoms. The van der Waals surface area contributed by atoms with Gasteiger partial charge in [-0.2, -0.15) is 4.31 Å². The first-order valence-corrected chi connectivity index (χ1v) is 10.7. The quantitative estimate of drug-likeness (QED) is 0.763. The topological polar surface area (TPSA) is 57.7 Å². The number of halogens is 1. The molecule has 1 amide bonds. The predicted octanol–water partition coefficient (Wildman–Crippen LogP) is 2.72. The lowest BCUT2D eigenvalue weighted by atomic mass is 9.98. The van der Waals surface area contributed by atoms with Crippen molar-refractivity contribution in [2.75, 3.05) is 26.2 Å². The molecule has 2 fully saturated rings. The Hall–Kier alpha value is -0.920. The number of carbonyl (C=O) groups excluding carboxylic acids is 1. The number of sulfonamides is 1. The maximum absolute atomic E-state index is 12.8. The summed E-state index contributed by atoms with van der Waals surface area (Å²) in [5, 5.41) is 0. The molecular formula is C17H23BrN2O3S. The van der Waals surface area contributed by atoms with Crippen LogP contribution in [0.15, 0.2) is 33.6 Å². The number of carbonyl (C=O) groups is 1. The van der Waals surface area contributed by atoms with E-state index in [1.165, 1.54) is 4.31 Å². The molecule has 0 N–H and O–H groups in total. The summed E-state index contributed by atoms with van der Waals surface area (Å²) in [6.07, 6.45) is 2.81. The summed E-state index contributed by atoms with van der Waals surface area (Å²) in [6, 6.07) is 6.72. The molecule has 2 unspecified atom stereocenters. The number of hydrogen-bond acceptors (Lipinski definition) is 3. The van der Waals surface area contributed by atoms with Gasteiger partial charge in [-0.25, -0.2) is 8.42 Å². The Morgan fingerprint density at radius 3 is 2.71 bits per heavy atom. The van der Waals surface area contributed by atoms with Gasteiger partial charge in [-0.15, -0.1) is 0 Å². The Kier molecular flexibility index (Phi) is 5.32. The van der Waals surface area contributed by atoms with Crippen molar-refractivity contribution in [3.63, 3.8) is 0 Å². The Morgan fingerprint density at radius 2 is 2.00 bits per heavy atom. The van der Waals surface area contributed by atoms with Crippen molar-refractivity contribution in [1.29, 1.82) is 0 Å². The second-order valence-corrected chi connectivity index (χ2v) is 9.69. The zero-order valence-electron chi connectivity index (χ0n) is 13.8. The monoisotopic (exact) mass is 414 g/mol. The number of amides is 1. The number of rotatable bonds is 3. The Balaban J connectivity index is 1.69. The highest BCUT2D eigenvalue weighted by atomic mass is 79.9. The summed E-state index contributed by atoms with van der Waals surface area (Å²) in [7, 11) is -3.54. The zero-order chi connectivity index (χ0) is 17.3. The number of hydrogen-bond donors (Lipinski definition) is 0. The molecule has 2 saturated heterocycles. The summed E-state index contributed by atoms with van der Waals surface area (Å²) in [6.45, 7) is 4.47. The standard InChI is InChI=1S/C17H23BrN2O3S/c1-13-4-3-8-19(11-13)17(21)14-7-9-20(12-14)24(22,23)16-6-2-5-15(18)10-16/h2,5-6,10,13-14H,3-4,7-9,11-12H2,1H3. The van der Waals surface area contributed by atoms with E-state index >= 15 is 0 Å². The van der Waals surface area contributed by atoms with E-state index in [1.54, 1.807) is 24.3 Å². The van der Waals surface area contributed by atoms with Crippen molar-refractivity contribution in [2.24, 2.45) is 11.8 Å². The van der Waals surface area contributed by atoms with Crippen LogP contribution in [0.4, 0.5) is 0 Å². The second kappa shape index (κ2) is 7.14. The number of piperidine rings is 1. The van der Waals surface area contributed by atoms with E-state index in [-0.39, 0.29) is 16.7 Å². The van der Waals surface area contributed by atoms with Crippen LogP contribution in [0.5, 0.6) is 0 Å². The lowest BCUT2D eigenvalue weighted by Crippen LogP contribution is -2.43. The summed E-state index contributed by atoms with van der Waals surface area (Å²) < 4.78 is 27.7. The van der Waals surface area contributed by atoms with Gasteiger partial charge in [0.25, 0.3) is 0 Å². The molecule has 3 rings (SSSR count). The minimum absolute atomic E-state index is 0.119. The molecule has 0 aliphatic carbocycles. The van der Waals surface area contributed by atoms with Crippen LogP contribution in [-0.2, 0) is 14.8 Å². The normalized spacial score (nSPS) is 25.8. The molecule has 0 spiro atoms. The van der Waals surface area contributed by atoms with Crippen LogP contribution in [0, 0.1) is 11.8 Å². The molecular weight excluding hydrogens is 392 g/mol. The fourth-order valence-corrected chi connectivity index (χ4v) is 5.67. The lowest BCUT2D eigenvalue weighted by molar-refractivity contribution is -0.136. The maximum Gasteiger partial charge on any atom is 0.243 e. The molecule has 2 atom stereocenters. The van der Waals surface area contributed by atoms with Gasteiger partial charge in [0, 0.05) is 30.7 Å². The number of benzene rings is 1. The van der Waals surface area contributed by atoms with E-state index in [4.69, 9.17) is 0 Å². The van der Waals surface area contributed by atoms with Gasteiger partial charge in [-0.05, 0) is 43.4 Å². The molecule has 5 nitrogen and oxygen atoms in total. The predicted molar refractivity (Wildman–Crippen MR) is 96.0 cm³/mol. The maximum atomic E-state index is 12.8. The number of nitrogens with zero attached hydrogens (tertiary/aromatic N) is 2. The Labute approximate surface area is 152 Å². The van der Waals surface area contributed by atoms with Gasteiger partial charge < -0.3 is 4.90 Å². The van der Waals surface area contributed by atoms with Gasteiger partial charge in [-0.1, -0.05) is 28.9 Å². The van der Waals surface area contributed by atoms with Gasteiger partial charge >= 0.3 is 0 Å². The van der Waals surface area contributed by atoms with E-state index < -0.39 is 10.0 Å². The first-order chi connectivity index (χ1) is 11.4. The van der Waals surface area contributed by atoms with Crippen LogP contribution < -0.4 is 0 Å². The molecule has 0 aromatic heterocycles. The molecule has 0 bridgehead atoms. The average Bonchev–Trinajstić information content (AvgIpc) is 3.05. The van der Waals surface area contributed by atoms with Crippen LogP contribution in [0.3, 0.4) is 0 Å². The van der Waals surface area contributed by atoms with Crippen molar-refractivity contribution in [2.45, 2.75) is 31.1 Å². The number of likely N-dealkylation sites (tertiary alicyclic amines) is 1. The molecule has 2 heterocycles. The average molecular weight is 415 g/mol. The highest BCUT2D eigenvalue weighted by molar-refractivity contribution is 9.10. The largest absolute Gasteiger partial charge is 0.342 e. The molecule has 1 aromatic rings. The van der Waals surface area contributed by atoms with Gasteiger partial charge in [0.2, 0.25) is 15.9 Å². The van der Waals surface area contributed by atoms with E-state index in [9.17, 15) is 13.2 Å². The minimum atomic E-state index is -3.54. The SMILES string of the molecule is CC1CCCN(C(=O)C2CCN(S(=O)(=O)c3cccc(Br)c3)C2)C1. The van der Waals surface area contributed by atoms with Crippen LogP contribution in [0.25, 0.3) is 0 Å². The third-order valence-corrected chi connectivity index (χ3v) is 7.26. The van der Waals surface area contributed by atoms with E-state index in [1.807, 2.05) is 4.90 Å². The van der Waals surface area contributed by atoms with Gasteiger partial charge in [0.15, 0.2) is 0 Å². The van der Waals surface area contributed by atoms with Gasteiger partial charge in [-0.3, -0.25) is 4.79 Å². The van der Waals surface area contributed by atoms with Crippen molar-refractivity contribution in [3.8, 4) is 0 Å². The third kappa shape index (κ3) is 3.68. The van der Waals surface area contributed by atoms with Crippen LogP contribution in [-0.4, -0.2) is 49.7 Å². The second-order valence-electron chi connectivity index (χ2n) is 6.84. The zero-order valence-corrected chi connectivity index (χ0v) is 16.2. The summed E-state index contributed by atoms with van der Waals surface area (Å²) in [4.78, 5) is 14.9. The molecule has 2 aliphatic heterocycles. The molecule has 132 valence electrons. The van der Waals surface area contributed by atoms with Crippen molar-refractivity contribution in [3.05, 3.63) is 28.7 Å². The first kappa shape index (κ1) is 17.9. The third-order valence-electron chi connectivity index (χ3n) is 4.90. The van der Waals surface area contributed by atoms with E-state index in [0.29, 0.717) is 25.4 Å².